The molecule has 2 aromatic heterocycles. The average Bonchev–Trinajstić information content (AvgIpc) is 3.26. The second-order valence-corrected chi connectivity index (χ2v) is 7.14. The van der Waals surface area contributed by atoms with E-state index in [1.165, 1.54) is 0 Å². The molecule has 0 radical (unpaired) electrons. The fourth-order valence-electron chi connectivity index (χ4n) is 2.57. The second kappa shape index (κ2) is 6.97. The maximum atomic E-state index is 13.0. The van der Waals surface area contributed by atoms with Gasteiger partial charge >= 0.3 is 0 Å². The van der Waals surface area contributed by atoms with Gasteiger partial charge in [-0.2, -0.15) is 5.10 Å². The number of nitrogens with zero attached hydrogens (tertiary/aromatic N) is 2. The molecule has 1 amide bonds. The van der Waals surface area contributed by atoms with Crippen LogP contribution in [0, 0.1) is 0 Å². The summed E-state index contributed by atoms with van der Waals surface area (Å²) in [7, 11) is 0. The number of H-pyrrole nitrogens is 1. The predicted molar refractivity (Wildman–Crippen MR) is 96.0 cm³/mol. The fourth-order valence-corrected chi connectivity index (χ4v) is 2.57. The number of aromatic amines is 1. The number of amides is 1. The number of carbonyl (C=O) groups is 1. The molecule has 0 aliphatic heterocycles. The maximum absolute atomic E-state index is 13.0. The Hall–Kier alpha value is -2.82. The molecule has 0 aliphatic rings. The van der Waals surface area contributed by atoms with Crippen molar-refractivity contribution in [3.63, 3.8) is 0 Å². The van der Waals surface area contributed by atoms with Gasteiger partial charge in [0, 0.05) is 17.7 Å². The average molecular weight is 337 g/mol. The van der Waals surface area contributed by atoms with Gasteiger partial charge in [0.2, 0.25) is 0 Å². The smallest absolute Gasteiger partial charge is 0.275 e. The normalized spacial score (nSPS) is 11.5. The van der Waals surface area contributed by atoms with Gasteiger partial charge < -0.3 is 9.32 Å². The number of hydrogen-bond acceptors (Lipinski definition) is 3. The molecule has 3 aromatic rings. The van der Waals surface area contributed by atoms with Crippen LogP contribution in [0.2, 0.25) is 0 Å². The highest BCUT2D eigenvalue weighted by Gasteiger charge is 2.23. The number of hydrogen-bond donors (Lipinski definition) is 1. The van der Waals surface area contributed by atoms with E-state index in [2.05, 4.69) is 31.0 Å². The highest BCUT2D eigenvalue weighted by Crippen LogP contribution is 2.21. The standard InChI is InChI=1S/C20H23N3O2/c1-20(2,3)18-12-17(21-22-18)19(24)23(14-16-10-7-11-25-16)13-15-8-5-4-6-9-15/h4-12H,13-14H2,1-3H3,(H,21,22). The molecule has 0 saturated carbocycles. The number of furan rings is 1. The molecular formula is C20H23N3O2. The topological polar surface area (TPSA) is 62.1 Å². The van der Waals surface area contributed by atoms with Gasteiger partial charge in [-0.15, -0.1) is 0 Å². The Kier molecular flexibility index (Phi) is 4.74. The first-order valence-electron chi connectivity index (χ1n) is 8.35. The van der Waals surface area contributed by atoms with Gasteiger partial charge in [0.25, 0.3) is 5.91 Å². The Morgan fingerprint density at radius 1 is 1.12 bits per heavy atom. The first-order chi connectivity index (χ1) is 11.9. The van der Waals surface area contributed by atoms with Crippen LogP contribution < -0.4 is 0 Å². The molecule has 25 heavy (non-hydrogen) atoms. The largest absolute Gasteiger partial charge is 0.467 e. The number of carbonyl (C=O) groups excluding carboxylic acids is 1. The molecular weight excluding hydrogens is 314 g/mol. The third-order valence-corrected chi connectivity index (χ3v) is 4.04. The SMILES string of the molecule is CC(C)(C)c1cc(C(=O)N(Cc2ccccc2)Cc2ccco2)n[nH]1. The third-order valence-electron chi connectivity index (χ3n) is 4.04. The van der Waals surface area contributed by atoms with Crippen LogP contribution in [-0.4, -0.2) is 21.0 Å². The van der Waals surface area contributed by atoms with Crippen LogP contribution in [-0.2, 0) is 18.5 Å². The zero-order valence-corrected chi connectivity index (χ0v) is 14.8. The van der Waals surface area contributed by atoms with Gasteiger partial charge in [0.1, 0.15) is 11.5 Å². The monoisotopic (exact) mass is 337 g/mol. The predicted octanol–water partition coefficient (Wildman–Crippen LogP) is 4.14. The molecule has 3 rings (SSSR count). The molecule has 2 heterocycles. The lowest BCUT2D eigenvalue weighted by Gasteiger charge is -2.21. The van der Waals surface area contributed by atoms with Crippen LogP contribution >= 0.6 is 0 Å². The summed E-state index contributed by atoms with van der Waals surface area (Å²) >= 11 is 0. The van der Waals surface area contributed by atoms with Crippen molar-refractivity contribution in [2.24, 2.45) is 0 Å². The molecule has 0 unspecified atom stereocenters. The van der Waals surface area contributed by atoms with E-state index < -0.39 is 0 Å². The molecule has 1 aromatic carbocycles. The summed E-state index contributed by atoms with van der Waals surface area (Å²) in [5.74, 6) is 0.628. The summed E-state index contributed by atoms with van der Waals surface area (Å²) in [5.41, 5.74) is 2.34. The van der Waals surface area contributed by atoms with Crippen LogP contribution in [0.1, 0.15) is 48.3 Å². The van der Waals surface area contributed by atoms with Crippen LogP contribution in [0.4, 0.5) is 0 Å². The van der Waals surface area contributed by atoms with E-state index in [0.29, 0.717) is 18.8 Å². The van der Waals surface area contributed by atoms with Crippen LogP contribution in [0.15, 0.2) is 59.2 Å². The van der Waals surface area contributed by atoms with Crippen molar-refractivity contribution in [2.45, 2.75) is 39.3 Å². The second-order valence-electron chi connectivity index (χ2n) is 7.14. The Morgan fingerprint density at radius 2 is 1.88 bits per heavy atom. The van der Waals surface area contributed by atoms with Crippen molar-refractivity contribution in [3.8, 4) is 0 Å². The summed E-state index contributed by atoms with van der Waals surface area (Å²) in [5, 5.41) is 7.21. The van der Waals surface area contributed by atoms with Crippen molar-refractivity contribution in [3.05, 3.63) is 77.5 Å². The molecule has 130 valence electrons. The van der Waals surface area contributed by atoms with Gasteiger partial charge in [-0.1, -0.05) is 51.1 Å². The molecule has 0 atom stereocenters. The van der Waals surface area contributed by atoms with Crippen molar-refractivity contribution in [2.75, 3.05) is 0 Å². The quantitative estimate of drug-likeness (QED) is 0.761. The van der Waals surface area contributed by atoms with E-state index in [-0.39, 0.29) is 11.3 Å². The first kappa shape index (κ1) is 17.0. The lowest BCUT2D eigenvalue weighted by molar-refractivity contribution is 0.0711. The van der Waals surface area contributed by atoms with Crippen molar-refractivity contribution in [1.82, 2.24) is 15.1 Å². The van der Waals surface area contributed by atoms with Crippen molar-refractivity contribution < 1.29 is 9.21 Å². The highest BCUT2D eigenvalue weighted by molar-refractivity contribution is 5.92. The molecule has 1 N–H and O–H groups in total. The zero-order valence-electron chi connectivity index (χ0n) is 14.8. The number of rotatable bonds is 5. The summed E-state index contributed by atoms with van der Waals surface area (Å²) in [6, 6.07) is 15.5. The Morgan fingerprint density at radius 3 is 2.48 bits per heavy atom. The van der Waals surface area contributed by atoms with E-state index in [4.69, 9.17) is 4.42 Å². The van der Waals surface area contributed by atoms with Gasteiger partial charge in [-0.25, -0.2) is 0 Å². The van der Waals surface area contributed by atoms with Crippen molar-refractivity contribution in [1.29, 1.82) is 0 Å². The number of benzene rings is 1. The summed E-state index contributed by atoms with van der Waals surface area (Å²) < 4.78 is 5.43. The van der Waals surface area contributed by atoms with Gasteiger partial charge in [0.05, 0.1) is 12.8 Å². The minimum atomic E-state index is -0.119. The molecule has 0 bridgehead atoms. The molecule has 5 nitrogen and oxygen atoms in total. The summed E-state index contributed by atoms with van der Waals surface area (Å²) in [6.45, 7) is 7.15. The number of aromatic nitrogens is 2. The number of nitrogens with one attached hydrogen (secondary N) is 1. The minimum absolute atomic E-state index is 0.0865. The van der Waals surface area contributed by atoms with E-state index in [1.54, 1.807) is 11.2 Å². The molecule has 0 fully saturated rings. The summed E-state index contributed by atoms with van der Waals surface area (Å²) in [6.07, 6.45) is 1.62. The van der Waals surface area contributed by atoms with Crippen LogP contribution in [0.25, 0.3) is 0 Å². The lowest BCUT2D eigenvalue weighted by Crippen LogP contribution is -2.30. The Labute approximate surface area is 147 Å². The van der Waals surface area contributed by atoms with Gasteiger partial charge in [0.15, 0.2) is 0 Å². The molecule has 0 saturated heterocycles. The Bertz CT molecular complexity index is 814. The van der Waals surface area contributed by atoms with Gasteiger partial charge in [-0.05, 0) is 23.8 Å². The van der Waals surface area contributed by atoms with E-state index >= 15 is 0 Å². The van der Waals surface area contributed by atoms with E-state index in [9.17, 15) is 4.79 Å². The highest BCUT2D eigenvalue weighted by atomic mass is 16.3. The molecule has 0 spiro atoms. The van der Waals surface area contributed by atoms with Gasteiger partial charge in [-0.3, -0.25) is 9.89 Å². The van der Waals surface area contributed by atoms with Crippen LogP contribution in [0.5, 0.6) is 0 Å². The minimum Gasteiger partial charge on any atom is -0.467 e. The van der Waals surface area contributed by atoms with E-state index in [1.807, 2.05) is 48.5 Å². The summed E-state index contributed by atoms with van der Waals surface area (Å²) in [4.78, 5) is 14.8. The maximum Gasteiger partial charge on any atom is 0.275 e. The Balaban J connectivity index is 1.84. The first-order valence-corrected chi connectivity index (χ1v) is 8.35. The van der Waals surface area contributed by atoms with Crippen LogP contribution in [0.3, 0.4) is 0 Å². The molecule has 5 heteroatoms. The fraction of sp³-hybridized carbons (Fsp3) is 0.300. The van der Waals surface area contributed by atoms with Crippen molar-refractivity contribution >= 4 is 5.91 Å². The third kappa shape index (κ3) is 4.18. The molecule has 0 aliphatic carbocycles. The lowest BCUT2D eigenvalue weighted by atomic mass is 9.92. The van der Waals surface area contributed by atoms with E-state index in [0.717, 1.165) is 17.0 Å². The zero-order chi connectivity index (χ0) is 17.9.